The van der Waals surface area contributed by atoms with Crippen molar-refractivity contribution < 1.29 is 19.1 Å². The van der Waals surface area contributed by atoms with Crippen LogP contribution in [0.2, 0.25) is 10.0 Å². The smallest absolute Gasteiger partial charge is 0.410 e. The number of halogens is 2. The molecular weight excluding hydrogens is 551 g/mol. The third-order valence-corrected chi connectivity index (χ3v) is 7.32. The molecule has 2 amide bonds. The van der Waals surface area contributed by atoms with E-state index in [0.29, 0.717) is 36.2 Å². The van der Waals surface area contributed by atoms with Crippen LogP contribution in [0.5, 0.6) is 5.75 Å². The molecule has 5 rings (SSSR count). The van der Waals surface area contributed by atoms with E-state index in [9.17, 15) is 9.59 Å². The number of benzene rings is 2. The van der Waals surface area contributed by atoms with Crippen molar-refractivity contribution in [3.8, 4) is 5.75 Å². The lowest BCUT2D eigenvalue weighted by Crippen LogP contribution is -2.40. The van der Waals surface area contributed by atoms with Crippen LogP contribution in [0.25, 0.3) is 10.9 Å². The Morgan fingerprint density at radius 1 is 1.05 bits per heavy atom. The van der Waals surface area contributed by atoms with Crippen LogP contribution in [0, 0.1) is 0 Å². The summed E-state index contributed by atoms with van der Waals surface area (Å²) in [4.78, 5) is 32.5. The fraction of sp³-hybridized carbons (Fsp3) is 0.300. The zero-order valence-electron chi connectivity index (χ0n) is 22.8. The summed E-state index contributed by atoms with van der Waals surface area (Å²) in [7, 11) is 1.61. The fourth-order valence-electron chi connectivity index (χ4n) is 5.04. The number of pyridine rings is 1. The van der Waals surface area contributed by atoms with Crippen molar-refractivity contribution in [1.82, 2.24) is 14.5 Å². The highest BCUT2D eigenvalue weighted by Gasteiger charge is 2.32. The Kier molecular flexibility index (Phi) is 7.66. The van der Waals surface area contributed by atoms with Gasteiger partial charge in [0.2, 0.25) is 0 Å². The molecule has 208 valence electrons. The Hall–Kier alpha value is -3.75. The number of carbonyl (C=O) groups is 2. The molecule has 8 nitrogen and oxygen atoms in total. The van der Waals surface area contributed by atoms with Crippen molar-refractivity contribution >= 4 is 51.8 Å². The number of nitrogens with one attached hydrogen (secondary N) is 1. The first-order valence-corrected chi connectivity index (χ1v) is 13.7. The summed E-state index contributed by atoms with van der Waals surface area (Å²) < 4.78 is 13.7. The first kappa shape index (κ1) is 27.8. The van der Waals surface area contributed by atoms with Crippen LogP contribution < -0.4 is 10.1 Å². The number of ether oxygens (including phenoxy) is 2. The molecule has 0 fully saturated rings. The van der Waals surface area contributed by atoms with Gasteiger partial charge in [0.05, 0.1) is 34.9 Å². The molecule has 4 aromatic rings. The second-order valence-corrected chi connectivity index (χ2v) is 11.4. The molecule has 1 aliphatic rings. The molecule has 40 heavy (non-hydrogen) atoms. The normalized spacial score (nSPS) is 13.2. The molecule has 0 radical (unpaired) electrons. The van der Waals surface area contributed by atoms with Gasteiger partial charge in [-0.25, -0.2) is 4.79 Å². The van der Waals surface area contributed by atoms with E-state index in [1.165, 1.54) is 12.4 Å². The van der Waals surface area contributed by atoms with Gasteiger partial charge < -0.3 is 24.3 Å². The van der Waals surface area contributed by atoms with Crippen molar-refractivity contribution in [3.63, 3.8) is 0 Å². The Morgan fingerprint density at radius 3 is 2.40 bits per heavy atom. The lowest BCUT2D eigenvalue weighted by Gasteiger charge is -2.31. The summed E-state index contributed by atoms with van der Waals surface area (Å²) in [6, 6.07) is 13.6. The van der Waals surface area contributed by atoms with E-state index in [1.807, 2.05) is 39.0 Å². The molecule has 0 spiro atoms. The number of hydrogen-bond donors (Lipinski definition) is 1. The first-order valence-electron chi connectivity index (χ1n) is 12.9. The molecular formula is C30H30Cl2N4O4. The van der Waals surface area contributed by atoms with Gasteiger partial charge in [-0.15, -0.1) is 0 Å². The average Bonchev–Trinajstić information content (AvgIpc) is 3.23. The van der Waals surface area contributed by atoms with Crippen LogP contribution in [0.1, 0.15) is 48.0 Å². The quantitative estimate of drug-likeness (QED) is 0.276. The summed E-state index contributed by atoms with van der Waals surface area (Å²) >= 11 is 12.6. The van der Waals surface area contributed by atoms with Gasteiger partial charge in [0.15, 0.2) is 0 Å². The highest BCUT2D eigenvalue weighted by molar-refractivity contribution is 6.40. The van der Waals surface area contributed by atoms with Crippen LogP contribution >= 0.6 is 23.2 Å². The van der Waals surface area contributed by atoms with E-state index in [2.05, 4.69) is 27.0 Å². The Labute approximate surface area is 242 Å². The van der Waals surface area contributed by atoms with Gasteiger partial charge in [0.25, 0.3) is 5.91 Å². The van der Waals surface area contributed by atoms with Crippen molar-refractivity contribution in [2.24, 2.45) is 0 Å². The number of amides is 2. The van der Waals surface area contributed by atoms with Crippen LogP contribution in [0.4, 0.5) is 10.5 Å². The van der Waals surface area contributed by atoms with E-state index < -0.39 is 17.6 Å². The van der Waals surface area contributed by atoms with Gasteiger partial charge in [-0.3, -0.25) is 9.78 Å². The van der Waals surface area contributed by atoms with E-state index in [4.69, 9.17) is 32.7 Å². The van der Waals surface area contributed by atoms with Gasteiger partial charge in [0, 0.05) is 54.1 Å². The molecule has 0 unspecified atom stereocenters. The third kappa shape index (κ3) is 5.46. The maximum absolute atomic E-state index is 13.8. The fourth-order valence-corrected chi connectivity index (χ4v) is 5.50. The van der Waals surface area contributed by atoms with Gasteiger partial charge in [-0.1, -0.05) is 53.5 Å². The number of hydrogen-bond acceptors (Lipinski definition) is 5. The zero-order valence-corrected chi connectivity index (χ0v) is 24.3. The molecule has 0 bridgehead atoms. The molecule has 10 heteroatoms. The van der Waals surface area contributed by atoms with E-state index in [0.717, 1.165) is 22.3 Å². The highest BCUT2D eigenvalue weighted by Crippen LogP contribution is 2.40. The van der Waals surface area contributed by atoms with E-state index in [-0.39, 0.29) is 22.3 Å². The van der Waals surface area contributed by atoms with Crippen molar-refractivity contribution in [2.75, 3.05) is 19.0 Å². The largest absolute Gasteiger partial charge is 0.495 e. The van der Waals surface area contributed by atoms with Crippen molar-refractivity contribution in [3.05, 3.63) is 87.3 Å². The highest BCUT2D eigenvalue weighted by atomic mass is 35.5. The number of aromatic nitrogens is 2. The van der Waals surface area contributed by atoms with Crippen molar-refractivity contribution in [1.29, 1.82) is 0 Å². The first-order chi connectivity index (χ1) is 19.1. The molecule has 0 saturated carbocycles. The van der Waals surface area contributed by atoms with Gasteiger partial charge in [0.1, 0.15) is 11.4 Å². The lowest BCUT2D eigenvalue weighted by atomic mass is 10.00. The number of carbonyl (C=O) groups excluding carboxylic acids is 2. The van der Waals surface area contributed by atoms with Crippen LogP contribution in [-0.4, -0.2) is 45.7 Å². The minimum atomic E-state index is -0.629. The molecule has 2 aromatic carbocycles. The number of nitrogens with zero attached hydrogens (tertiary/aromatic N) is 3. The molecule has 0 atom stereocenters. The molecule has 3 heterocycles. The van der Waals surface area contributed by atoms with Crippen LogP contribution in [0.15, 0.2) is 54.9 Å². The average molecular weight is 582 g/mol. The standard InChI is InChI=1S/C30H30Cl2N4O4/c1-30(2,3)40-29(38)35-13-12-23-20(17-35)25-19(28(37)34-26-21(31)14-33-15-22(26)32)10-11-24(39-4)27(25)36(23)16-18-8-6-5-7-9-18/h5-11,14-15H,12-13,16-17H2,1-4H3,(H,33,34,37). The van der Waals surface area contributed by atoms with Crippen LogP contribution in [0.3, 0.4) is 0 Å². The zero-order chi connectivity index (χ0) is 28.6. The molecule has 0 aliphatic carbocycles. The second-order valence-electron chi connectivity index (χ2n) is 10.6. The maximum Gasteiger partial charge on any atom is 0.410 e. The Morgan fingerprint density at radius 2 is 1.75 bits per heavy atom. The minimum absolute atomic E-state index is 0.227. The van der Waals surface area contributed by atoms with Gasteiger partial charge in [-0.2, -0.15) is 0 Å². The summed E-state index contributed by atoms with van der Waals surface area (Å²) in [5, 5.41) is 4.02. The molecule has 1 N–H and O–H groups in total. The number of methoxy groups -OCH3 is 1. The van der Waals surface area contributed by atoms with E-state index in [1.54, 1.807) is 24.1 Å². The predicted octanol–water partition coefficient (Wildman–Crippen LogP) is 6.95. The monoisotopic (exact) mass is 580 g/mol. The lowest BCUT2D eigenvalue weighted by molar-refractivity contribution is 0.0223. The minimum Gasteiger partial charge on any atom is -0.495 e. The number of anilines is 1. The summed E-state index contributed by atoms with van der Waals surface area (Å²) in [6.45, 7) is 6.87. The van der Waals surface area contributed by atoms with Crippen molar-refractivity contribution in [2.45, 2.75) is 45.9 Å². The van der Waals surface area contributed by atoms with Gasteiger partial charge in [-0.05, 0) is 38.5 Å². The number of rotatable bonds is 5. The second kappa shape index (κ2) is 11.0. The Balaban J connectivity index is 1.67. The third-order valence-electron chi connectivity index (χ3n) is 6.75. The maximum atomic E-state index is 13.8. The Bertz CT molecular complexity index is 1580. The molecule has 2 aromatic heterocycles. The van der Waals surface area contributed by atoms with Gasteiger partial charge >= 0.3 is 6.09 Å². The summed E-state index contributed by atoms with van der Waals surface area (Å²) in [5.41, 5.74) is 3.85. The SMILES string of the molecule is COc1ccc(C(=O)Nc2c(Cl)cncc2Cl)c2c3c(n(Cc4ccccc4)c12)CCN(C(=O)OC(C)(C)C)C3. The molecule has 0 saturated heterocycles. The van der Waals surface area contributed by atoms with Crippen LogP contribution in [-0.2, 0) is 24.2 Å². The summed E-state index contributed by atoms with van der Waals surface area (Å²) in [5.74, 6) is 0.234. The summed E-state index contributed by atoms with van der Waals surface area (Å²) in [6.07, 6.45) is 3.03. The van der Waals surface area contributed by atoms with E-state index >= 15 is 0 Å². The topological polar surface area (TPSA) is 85.7 Å². The molecule has 1 aliphatic heterocycles. The number of fused-ring (bicyclic) bond motifs is 3. The predicted molar refractivity (Wildman–Crippen MR) is 157 cm³/mol.